The number of furan rings is 1. The molecule has 19 heavy (non-hydrogen) atoms. The zero-order valence-electron chi connectivity index (χ0n) is 10.2. The van der Waals surface area contributed by atoms with Crippen molar-refractivity contribution in [2.45, 2.75) is 13.2 Å². The fourth-order valence-electron chi connectivity index (χ4n) is 1.58. The molecule has 0 aliphatic carbocycles. The highest BCUT2D eigenvalue weighted by molar-refractivity contribution is 9.10. The first kappa shape index (κ1) is 14.7. The molecule has 0 unspecified atom stereocenters. The van der Waals surface area contributed by atoms with E-state index in [2.05, 4.69) is 21.2 Å². The third-order valence-electron chi connectivity index (χ3n) is 2.53. The van der Waals surface area contributed by atoms with E-state index in [1.54, 1.807) is 18.4 Å². The number of nitrogens with one attached hydrogen (secondary N) is 1. The summed E-state index contributed by atoms with van der Waals surface area (Å²) in [4.78, 5) is 0. The fraction of sp³-hybridized carbons (Fsp3) is 0.231. The summed E-state index contributed by atoms with van der Waals surface area (Å²) in [6.07, 6.45) is 1.64. The normalized spacial score (nSPS) is 10.7. The Morgan fingerprint density at radius 1 is 1.32 bits per heavy atom. The van der Waals surface area contributed by atoms with Crippen molar-refractivity contribution in [3.63, 3.8) is 0 Å². The Morgan fingerprint density at radius 3 is 2.84 bits per heavy atom. The standard InChI is InChI=1S/C13H12BrCl2NO2/c1-17-6-13-8(2-3-18-13)7-19-12-5-10(15)9(14)4-11(12)16/h2-5,17H,6-7H2,1H3. The molecule has 0 bridgehead atoms. The Bertz CT molecular complexity index is 572. The molecule has 1 heterocycles. The quantitative estimate of drug-likeness (QED) is 0.784. The topological polar surface area (TPSA) is 34.4 Å². The minimum Gasteiger partial charge on any atom is -0.487 e. The number of ether oxygens (including phenoxy) is 1. The average Bonchev–Trinajstić information content (AvgIpc) is 2.80. The molecule has 6 heteroatoms. The highest BCUT2D eigenvalue weighted by atomic mass is 79.9. The summed E-state index contributed by atoms with van der Waals surface area (Å²) in [5.41, 5.74) is 0.976. The van der Waals surface area contributed by atoms with Gasteiger partial charge in [0.2, 0.25) is 0 Å². The Balaban J connectivity index is 2.10. The van der Waals surface area contributed by atoms with Crippen LogP contribution in [0.4, 0.5) is 0 Å². The number of rotatable bonds is 5. The molecular weight excluding hydrogens is 353 g/mol. The number of hydrogen-bond donors (Lipinski definition) is 1. The van der Waals surface area contributed by atoms with Crippen molar-refractivity contribution in [2.24, 2.45) is 0 Å². The van der Waals surface area contributed by atoms with E-state index in [-0.39, 0.29) is 0 Å². The van der Waals surface area contributed by atoms with Gasteiger partial charge in [-0.3, -0.25) is 0 Å². The lowest BCUT2D eigenvalue weighted by Crippen LogP contribution is -2.07. The minimum atomic E-state index is 0.380. The largest absolute Gasteiger partial charge is 0.487 e. The molecule has 1 N–H and O–H groups in total. The van der Waals surface area contributed by atoms with E-state index in [1.165, 1.54) is 0 Å². The van der Waals surface area contributed by atoms with Crippen LogP contribution in [0.25, 0.3) is 0 Å². The zero-order chi connectivity index (χ0) is 13.8. The zero-order valence-corrected chi connectivity index (χ0v) is 13.3. The third kappa shape index (κ3) is 3.66. The maximum atomic E-state index is 6.09. The van der Waals surface area contributed by atoms with Crippen molar-refractivity contribution in [2.75, 3.05) is 7.05 Å². The lowest BCUT2D eigenvalue weighted by Gasteiger charge is -2.09. The van der Waals surface area contributed by atoms with Crippen molar-refractivity contribution in [1.29, 1.82) is 0 Å². The van der Waals surface area contributed by atoms with Gasteiger partial charge in [-0.05, 0) is 35.1 Å². The molecule has 2 rings (SSSR count). The van der Waals surface area contributed by atoms with Gasteiger partial charge < -0.3 is 14.5 Å². The molecule has 0 aliphatic rings. The van der Waals surface area contributed by atoms with Gasteiger partial charge in [-0.1, -0.05) is 23.2 Å². The van der Waals surface area contributed by atoms with E-state index < -0.39 is 0 Å². The number of benzene rings is 1. The summed E-state index contributed by atoms with van der Waals surface area (Å²) in [5.74, 6) is 1.40. The Morgan fingerprint density at radius 2 is 2.11 bits per heavy atom. The van der Waals surface area contributed by atoms with Gasteiger partial charge in [0.15, 0.2) is 0 Å². The van der Waals surface area contributed by atoms with Gasteiger partial charge in [0, 0.05) is 16.1 Å². The minimum absolute atomic E-state index is 0.380. The van der Waals surface area contributed by atoms with Crippen LogP contribution in [0.2, 0.25) is 10.0 Å². The second-order valence-corrected chi connectivity index (χ2v) is 5.55. The summed E-state index contributed by atoms with van der Waals surface area (Å²) >= 11 is 15.4. The molecule has 0 atom stereocenters. The second kappa shape index (κ2) is 6.66. The maximum absolute atomic E-state index is 6.09. The third-order valence-corrected chi connectivity index (χ3v) is 4.03. The summed E-state index contributed by atoms with van der Waals surface area (Å²) in [6.45, 7) is 1.03. The predicted octanol–water partition coefficient (Wildman–Crippen LogP) is 4.65. The Hall–Kier alpha value is -0.680. The van der Waals surface area contributed by atoms with Gasteiger partial charge in [0.1, 0.15) is 18.1 Å². The molecule has 0 aliphatic heterocycles. The smallest absolute Gasteiger partial charge is 0.139 e. The highest BCUT2D eigenvalue weighted by Gasteiger charge is 2.10. The highest BCUT2D eigenvalue weighted by Crippen LogP contribution is 2.34. The van der Waals surface area contributed by atoms with Crippen LogP contribution in [-0.2, 0) is 13.2 Å². The van der Waals surface area contributed by atoms with Gasteiger partial charge in [-0.15, -0.1) is 0 Å². The molecule has 102 valence electrons. The van der Waals surface area contributed by atoms with Crippen LogP contribution >= 0.6 is 39.1 Å². The van der Waals surface area contributed by atoms with Crippen molar-refractivity contribution in [1.82, 2.24) is 5.32 Å². The molecule has 0 radical (unpaired) electrons. The van der Waals surface area contributed by atoms with Gasteiger partial charge in [0.25, 0.3) is 0 Å². The van der Waals surface area contributed by atoms with Crippen molar-refractivity contribution >= 4 is 39.1 Å². The van der Waals surface area contributed by atoms with Crippen molar-refractivity contribution in [3.8, 4) is 5.75 Å². The molecule has 0 fully saturated rings. The molecule has 0 amide bonds. The van der Waals surface area contributed by atoms with Crippen LogP contribution in [-0.4, -0.2) is 7.05 Å². The maximum Gasteiger partial charge on any atom is 0.139 e. The fourth-order valence-corrected chi connectivity index (χ4v) is 2.43. The number of halogens is 3. The van der Waals surface area contributed by atoms with E-state index >= 15 is 0 Å². The van der Waals surface area contributed by atoms with Crippen LogP contribution in [0, 0.1) is 0 Å². The van der Waals surface area contributed by atoms with Crippen LogP contribution < -0.4 is 10.1 Å². The first-order valence-corrected chi connectivity index (χ1v) is 7.14. The monoisotopic (exact) mass is 363 g/mol. The molecule has 2 aromatic rings. The summed E-state index contributed by atoms with van der Waals surface area (Å²) in [6, 6.07) is 5.27. The second-order valence-electron chi connectivity index (χ2n) is 3.88. The van der Waals surface area contributed by atoms with Crippen molar-refractivity contribution in [3.05, 3.63) is 50.3 Å². The van der Waals surface area contributed by atoms with Gasteiger partial charge >= 0.3 is 0 Å². The van der Waals surface area contributed by atoms with E-state index in [1.807, 2.05) is 13.1 Å². The SMILES string of the molecule is CNCc1occc1COc1cc(Cl)c(Br)cc1Cl. The molecule has 0 saturated carbocycles. The number of hydrogen-bond acceptors (Lipinski definition) is 3. The van der Waals surface area contributed by atoms with Crippen LogP contribution in [0.1, 0.15) is 11.3 Å². The van der Waals surface area contributed by atoms with Crippen LogP contribution in [0.3, 0.4) is 0 Å². The summed E-state index contributed by atoms with van der Waals surface area (Å²) in [5, 5.41) is 4.10. The molecule has 1 aromatic heterocycles. The molecular formula is C13H12BrCl2NO2. The van der Waals surface area contributed by atoms with Crippen molar-refractivity contribution < 1.29 is 9.15 Å². The van der Waals surface area contributed by atoms with Gasteiger partial charge in [0.05, 0.1) is 22.9 Å². The van der Waals surface area contributed by atoms with E-state index in [9.17, 15) is 0 Å². The first-order valence-electron chi connectivity index (χ1n) is 5.59. The Kier molecular flexibility index (Phi) is 5.16. The molecule has 3 nitrogen and oxygen atoms in total. The van der Waals surface area contributed by atoms with Crippen LogP contribution in [0.5, 0.6) is 5.75 Å². The molecule has 0 spiro atoms. The summed E-state index contributed by atoms with van der Waals surface area (Å²) < 4.78 is 11.8. The van der Waals surface area contributed by atoms with E-state index in [0.29, 0.717) is 28.9 Å². The Labute approximate surface area is 130 Å². The average molecular weight is 365 g/mol. The lowest BCUT2D eigenvalue weighted by atomic mass is 10.2. The lowest BCUT2D eigenvalue weighted by molar-refractivity contribution is 0.301. The molecule has 1 aromatic carbocycles. The van der Waals surface area contributed by atoms with Crippen LogP contribution in [0.15, 0.2) is 33.4 Å². The van der Waals surface area contributed by atoms with E-state index in [0.717, 1.165) is 15.8 Å². The van der Waals surface area contributed by atoms with Gasteiger partial charge in [-0.25, -0.2) is 0 Å². The molecule has 0 saturated heterocycles. The first-order chi connectivity index (χ1) is 9.11. The predicted molar refractivity (Wildman–Crippen MR) is 80.0 cm³/mol. The summed E-state index contributed by atoms with van der Waals surface area (Å²) in [7, 11) is 1.86. The van der Waals surface area contributed by atoms with Gasteiger partial charge in [-0.2, -0.15) is 0 Å². The van der Waals surface area contributed by atoms with E-state index in [4.69, 9.17) is 32.4 Å².